The molecule has 8 heteroatoms. The molecule has 0 fully saturated rings. The molecule has 0 saturated carbocycles. The van der Waals surface area contributed by atoms with E-state index in [0.29, 0.717) is 21.5 Å². The average Bonchev–Trinajstić information content (AvgIpc) is 2.91. The van der Waals surface area contributed by atoms with E-state index in [4.69, 9.17) is 4.55 Å². The van der Waals surface area contributed by atoms with E-state index in [1.165, 1.54) is 0 Å². The Kier molecular flexibility index (Phi) is 3.65. The Morgan fingerprint density at radius 2 is 1.86 bits per heavy atom. The number of amides is 1. The molecule has 0 aliphatic heterocycles. The van der Waals surface area contributed by atoms with Gasteiger partial charge in [-0.25, -0.2) is 4.98 Å². The van der Waals surface area contributed by atoms with Gasteiger partial charge in [-0.1, -0.05) is 18.2 Å². The highest BCUT2D eigenvalue weighted by Gasteiger charge is 2.16. The fourth-order valence-electron chi connectivity index (χ4n) is 1.88. The first-order valence-electron chi connectivity index (χ1n) is 6.18. The second-order valence-corrected chi connectivity index (χ2v) is 7.08. The summed E-state index contributed by atoms with van der Waals surface area (Å²) in [5, 5.41) is 2.73. The maximum absolute atomic E-state index is 12.1. The van der Waals surface area contributed by atoms with Crippen molar-refractivity contribution in [3.05, 3.63) is 54.1 Å². The molecule has 0 unspecified atom stereocenters. The topological polar surface area (TPSA) is 96.4 Å². The number of anilines is 1. The molecule has 3 aromatic rings. The lowest BCUT2D eigenvalue weighted by atomic mass is 10.2. The molecule has 22 heavy (non-hydrogen) atoms. The van der Waals surface area contributed by atoms with Crippen LogP contribution in [0.5, 0.6) is 0 Å². The summed E-state index contributed by atoms with van der Waals surface area (Å²) in [6.45, 7) is 0. The van der Waals surface area contributed by atoms with E-state index in [1.54, 1.807) is 42.5 Å². The third-order valence-electron chi connectivity index (χ3n) is 2.88. The Hall–Kier alpha value is -2.29. The van der Waals surface area contributed by atoms with Crippen LogP contribution in [-0.2, 0) is 10.1 Å². The van der Waals surface area contributed by atoms with Gasteiger partial charge in [0.25, 0.3) is 5.91 Å². The Labute approximate surface area is 130 Å². The van der Waals surface area contributed by atoms with Crippen LogP contribution in [0, 0.1) is 0 Å². The summed E-state index contributed by atoms with van der Waals surface area (Å²) in [5.74, 6) is -0.264. The zero-order valence-corrected chi connectivity index (χ0v) is 12.7. The number of carbonyl (C=O) groups is 1. The van der Waals surface area contributed by atoms with Gasteiger partial charge < -0.3 is 5.32 Å². The van der Waals surface area contributed by atoms with Gasteiger partial charge in [-0.2, -0.15) is 8.42 Å². The Bertz CT molecular complexity index is 949. The van der Waals surface area contributed by atoms with Crippen molar-refractivity contribution < 1.29 is 17.8 Å². The number of hydrogen-bond acceptors (Lipinski definition) is 5. The highest BCUT2D eigenvalue weighted by atomic mass is 32.3. The summed E-state index contributed by atoms with van der Waals surface area (Å²) < 4.78 is 31.4. The molecule has 0 bridgehead atoms. The van der Waals surface area contributed by atoms with E-state index in [1.807, 2.05) is 6.07 Å². The third-order valence-corrected chi connectivity index (χ3v) is 5.11. The number of aromatic nitrogens is 1. The van der Waals surface area contributed by atoms with Gasteiger partial charge in [0.05, 0.1) is 10.2 Å². The summed E-state index contributed by atoms with van der Waals surface area (Å²) in [5.41, 5.74) is 1.48. The third kappa shape index (κ3) is 2.98. The molecule has 1 amide bonds. The Balaban J connectivity index is 1.91. The Morgan fingerprint density at radius 3 is 2.55 bits per heavy atom. The molecule has 112 valence electrons. The molecule has 0 aliphatic rings. The predicted molar refractivity (Wildman–Crippen MR) is 83.8 cm³/mol. The molecular formula is C14H10N2O4S2. The summed E-state index contributed by atoms with van der Waals surface area (Å²) in [6, 6.07) is 13.5. The molecule has 2 N–H and O–H groups in total. The monoisotopic (exact) mass is 334 g/mol. The minimum Gasteiger partial charge on any atom is -0.322 e. The molecule has 1 aromatic heterocycles. The quantitative estimate of drug-likeness (QED) is 0.718. The Morgan fingerprint density at radius 1 is 1.14 bits per heavy atom. The van der Waals surface area contributed by atoms with Gasteiger partial charge in [-0.05, 0) is 30.3 Å². The number of thiazole rings is 1. The average molecular weight is 334 g/mol. The minimum absolute atomic E-state index is 0.264. The van der Waals surface area contributed by atoms with Gasteiger partial charge in [0.15, 0.2) is 0 Å². The summed E-state index contributed by atoms with van der Waals surface area (Å²) in [4.78, 5) is 15.9. The molecule has 2 aromatic carbocycles. The van der Waals surface area contributed by atoms with Crippen LogP contribution in [0.3, 0.4) is 0 Å². The van der Waals surface area contributed by atoms with Crippen LogP contribution in [0.2, 0.25) is 0 Å². The molecule has 3 rings (SSSR count). The molecule has 0 atom stereocenters. The van der Waals surface area contributed by atoms with Crippen molar-refractivity contribution in [3.8, 4) is 0 Å². The lowest BCUT2D eigenvalue weighted by molar-refractivity contribution is 0.102. The van der Waals surface area contributed by atoms with Gasteiger partial charge in [-0.3, -0.25) is 9.35 Å². The number of nitrogens with one attached hydrogen (secondary N) is 1. The van der Waals surface area contributed by atoms with E-state index in [0.717, 1.165) is 11.3 Å². The lowest BCUT2D eigenvalue weighted by Crippen LogP contribution is -2.11. The van der Waals surface area contributed by atoms with Gasteiger partial charge in [0.1, 0.15) is 0 Å². The van der Waals surface area contributed by atoms with Crippen molar-refractivity contribution in [2.75, 3.05) is 5.32 Å². The molecule has 6 nitrogen and oxygen atoms in total. The van der Waals surface area contributed by atoms with Crippen LogP contribution in [-0.4, -0.2) is 23.9 Å². The molecule has 0 saturated heterocycles. The number of hydrogen-bond donors (Lipinski definition) is 2. The van der Waals surface area contributed by atoms with E-state index >= 15 is 0 Å². The highest BCUT2D eigenvalue weighted by Crippen LogP contribution is 2.27. The number of carbonyl (C=O) groups excluding carboxylic acids is 1. The smallest absolute Gasteiger partial charge is 0.322 e. The highest BCUT2D eigenvalue weighted by molar-refractivity contribution is 7.88. The standard InChI is InChI=1S/C14H10N2O4S2/c17-13(9-4-2-1-3-5-9)15-10-6-7-11-12(8-10)21-14(16-11)22(18,19)20/h1-8H,(H,15,17)(H,18,19,20). The van der Waals surface area contributed by atoms with E-state index < -0.39 is 10.1 Å². The summed E-state index contributed by atoms with van der Waals surface area (Å²) >= 11 is 0.841. The SMILES string of the molecule is O=C(Nc1ccc2nc(S(=O)(=O)O)sc2c1)c1ccccc1. The molecular weight excluding hydrogens is 324 g/mol. The van der Waals surface area contributed by atoms with Crippen molar-refractivity contribution >= 4 is 43.3 Å². The number of rotatable bonds is 3. The fourth-order valence-corrected chi connectivity index (χ4v) is 3.52. The van der Waals surface area contributed by atoms with E-state index in [-0.39, 0.29) is 10.2 Å². The second kappa shape index (κ2) is 5.48. The summed E-state index contributed by atoms with van der Waals surface area (Å²) in [6.07, 6.45) is 0. The van der Waals surface area contributed by atoms with Crippen LogP contribution in [0.15, 0.2) is 52.9 Å². The summed E-state index contributed by atoms with van der Waals surface area (Å²) in [7, 11) is -4.32. The van der Waals surface area contributed by atoms with Crippen molar-refractivity contribution in [2.24, 2.45) is 0 Å². The second-order valence-electron chi connectivity index (χ2n) is 4.46. The van der Waals surface area contributed by atoms with Crippen LogP contribution >= 0.6 is 11.3 Å². The lowest BCUT2D eigenvalue weighted by Gasteiger charge is -2.04. The zero-order chi connectivity index (χ0) is 15.7. The first-order chi connectivity index (χ1) is 10.4. The minimum atomic E-state index is -4.32. The molecule has 1 heterocycles. The first kappa shape index (κ1) is 14.6. The normalized spacial score (nSPS) is 11.5. The van der Waals surface area contributed by atoms with Crippen LogP contribution < -0.4 is 5.32 Å². The van der Waals surface area contributed by atoms with Gasteiger partial charge in [0.2, 0.25) is 4.34 Å². The van der Waals surface area contributed by atoms with Crippen molar-refractivity contribution in [1.29, 1.82) is 0 Å². The number of benzene rings is 2. The maximum atomic E-state index is 12.1. The molecule has 0 aliphatic carbocycles. The molecule has 0 radical (unpaired) electrons. The van der Waals surface area contributed by atoms with Crippen molar-refractivity contribution in [2.45, 2.75) is 4.34 Å². The van der Waals surface area contributed by atoms with E-state index in [2.05, 4.69) is 10.3 Å². The van der Waals surface area contributed by atoms with Crippen molar-refractivity contribution in [3.63, 3.8) is 0 Å². The van der Waals surface area contributed by atoms with Crippen molar-refractivity contribution in [1.82, 2.24) is 4.98 Å². The van der Waals surface area contributed by atoms with Gasteiger partial charge >= 0.3 is 10.1 Å². The number of nitrogens with zero attached hydrogens (tertiary/aromatic N) is 1. The maximum Gasteiger partial charge on any atom is 0.322 e. The molecule has 0 spiro atoms. The van der Waals surface area contributed by atoms with Gasteiger partial charge in [0, 0.05) is 11.3 Å². The van der Waals surface area contributed by atoms with Crippen LogP contribution in [0.1, 0.15) is 10.4 Å². The number of fused-ring (bicyclic) bond motifs is 1. The largest absolute Gasteiger partial charge is 0.322 e. The predicted octanol–water partition coefficient (Wildman–Crippen LogP) is 2.80. The van der Waals surface area contributed by atoms with Gasteiger partial charge in [-0.15, -0.1) is 11.3 Å². The first-order valence-corrected chi connectivity index (χ1v) is 8.43. The zero-order valence-electron chi connectivity index (χ0n) is 11.1. The van der Waals surface area contributed by atoms with Crippen LogP contribution in [0.25, 0.3) is 10.2 Å². The fraction of sp³-hybridized carbons (Fsp3) is 0. The van der Waals surface area contributed by atoms with Crippen LogP contribution in [0.4, 0.5) is 5.69 Å². The van der Waals surface area contributed by atoms with E-state index in [9.17, 15) is 13.2 Å².